The van der Waals surface area contributed by atoms with Crippen LogP contribution in [-0.2, 0) is 9.53 Å². The van der Waals surface area contributed by atoms with Gasteiger partial charge in [0.05, 0.1) is 24.3 Å². The number of aliphatic hydroxyl groups is 1. The number of fused-ring (bicyclic) bond motifs is 1. The zero-order valence-electron chi connectivity index (χ0n) is 13.4. The molecule has 1 saturated heterocycles. The van der Waals surface area contributed by atoms with Crippen LogP contribution in [0.25, 0.3) is 0 Å². The molecule has 1 aromatic rings. The number of ether oxygens (including phenoxy) is 2. The van der Waals surface area contributed by atoms with E-state index in [0.29, 0.717) is 18.9 Å². The highest BCUT2D eigenvalue weighted by atomic mass is 16.5. The van der Waals surface area contributed by atoms with Crippen LogP contribution < -0.4 is 10.5 Å². The van der Waals surface area contributed by atoms with Gasteiger partial charge in [0.2, 0.25) is 0 Å². The van der Waals surface area contributed by atoms with Gasteiger partial charge < -0.3 is 25.2 Å². The van der Waals surface area contributed by atoms with E-state index in [4.69, 9.17) is 15.2 Å². The fourth-order valence-corrected chi connectivity index (χ4v) is 3.53. The van der Waals surface area contributed by atoms with Gasteiger partial charge in [-0.05, 0) is 30.9 Å². The van der Waals surface area contributed by atoms with E-state index in [2.05, 4.69) is 0 Å². The van der Waals surface area contributed by atoms with Gasteiger partial charge in [-0.15, -0.1) is 0 Å². The predicted octanol–water partition coefficient (Wildman–Crippen LogP) is 0.163. The molecule has 7 nitrogen and oxygen atoms in total. The average molecular weight is 334 g/mol. The van der Waals surface area contributed by atoms with Gasteiger partial charge in [-0.1, -0.05) is 12.1 Å². The van der Waals surface area contributed by atoms with E-state index in [9.17, 15) is 14.7 Å². The first-order valence-corrected chi connectivity index (χ1v) is 8.13. The van der Waals surface area contributed by atoms with E-state index >= 15 is 0 Å². The Bertz CT molecular complexity index is 621. The molecule has 2 fully saturated rings. The Labute approximate surface area is 140 Å². The van der Waals surface area contributed by atoms with Gasteiger partial charge in [0.25, 0.3) is 11.8 Å². The highest BCUT2D eigenvalue weighted by Gasteiger charge is 2.42. The molecule has 0 aromatic heterocycles. The lowest BCUT2D eigenvalue weighted by molar-refractivity contribution is -0.146. The summed E-state index contributed by atoms with van der Waals surface area (Å²) in [6.07, 6.45) is 1.50. The summed E-state index contributed by atoms with van der Waals surface area (Å²) in [5, 5.41) is 9.35. The van der Waals surface area contributed by atoms with Crippen molar-refractivity contribution < 1.29 is 24.2 Å². The SMILES string of the molecule is NC(=O)c1ccccc1OCC(=O)N1CCOC2C[C@H](CO)C[C@@H]21. The van der Waals surface area contributed by atoms with E-state index in [1.165, 1.54) is 0 Å². The third kappa shape index (κ3) is 3.37. The summed E-state index contributed by atoms with van der Waals surface area (Å²) in [5.74, 6) is -0.259. The van der Waals surface area contributed by atoms with Crippen molar-refractivity contribution in [1.82, 2.24) is 4.90 Å². The molecule has 1 aromatic carbocycles. The molecule has 7 heteroatoms. The topological polar surface area (TPSA) is 102 Å². The number of hydrogen-bond donors (Lipinski definition) is 2. The molecular formula is C17H22N2O5. The summed E-state index contributed by atoms with van der Waals surface area (Å²) in [6, 6.07) is 6.58. The number of nitrogens with zero attached hydrogens (tertiary/aromatic N) is 1. The normalized spacial score (nSPS) is 26.0. The van der Waals surface area contributed by atoms with E-state index in [0.717, 1.165) is 12.8 Å². The van der Waals surface area contributed by atoms with Crippen molar-refractivity contribution in [3.63, 3.8) is 0 Å². The molecule has 3 N–H and O–H groups in total. The minimum Gasteiger partial charge on any atom is -0.483 e. The molecule has 3 rings (SSSR count). The Balaban J connectivity index is 1.64. The molecule has 130 valence electrons. The van der Waals surface area contributed by atoms with Crippen LogP contribution in [0.15, 0.2) is 24.3 Å². The minimum atomic E-state index is -0.592. The van der Waals surface area contributed by atoms with Crippen molar-refractivity contribution in [2.24, 2.45) is 11.7 Å². The van der Waals surface area contributed by atoms with Crippen LogP contribution in [0.5, 0.6) is 5.75 Å². The molecule has 24 heavy (non-hydrogen) atoms. The largest absolute Gasteiger partial charge is 0.483 e. The van der Waals surface area contributed by atoms with Gasteiger partial charge in [-0.25, -0.2) is 0 Å². The van der Waals surface area contributed by atoms with E-state index in [1.54, 1.807) is 29.2 Å². The van der Waals surface area contributed by atoms with Gasteiger partial charge in [-0.3, -0.25) is 9.59 Å². The summed E-state index contributed by atoms with van der Waals surface area (Å²) < 4.78 is 11.3. The van der Waals surface area contributed by atoms with Crippen molar-refractivity contribution in [2.45, 2.75) is 25.0 Å². The molecule has 0 bridgehead atoms. The highest BCUT2D eigenvalue weighted by molar-refractivity contribution is 5.95. The maximum atomic E-state index is 12.6. The summed E-state index contributed by atoms with van der Waals surface area (Å²) in [5.41, 5.74) is 5.57. The number of amides is 2. The Morgan fingerprint density at radius 2 is 2.12 bits per heavy atom. The van der Waals surface area contributed by atoms with Gasteiger partial charge in [0.1, 0.15) is 5.75 Å². The van der Waals surface area contributed by atoms with E-state index in [-0.39, 0.29) is 42.7 Å². The smallest absolute Gasteiger partial charge is 0.260 e. The minimum absolute atomic E-state index is 0.0154. The van der Waals surface area contributed by atoms with E-state index in [1.807, 2.05) is 0 Å². The Morgan fingerprint density at radius 1 is 1.33 bits per heavy atom. The molecule has 2 amide bonds. The number of rotatable bonds is 5. The number of primary amides is 1. The molecular weight excluding hydrogens is 312 g/mol. The van der Waals surface area contributed by atoms with Crippen molar-refractivity contribution in [2.75, 3.05) is 26.4 Å². The summed E-state index contributed by atoms with van der Waals surface area (Å²) >= 11 is 0. The number of morpholine rings is 1. The molecule has 1 heterocycles. The Morgan fingerprint density at radius 3 is 2.88 bits per heavy atom. The number of benzene rings is 1. The Hall–Kier alpha value is -2.12. The quantitative estimate of drug-likeness (QED) is 0.799. The second-order valence-electron chi connectivity index (χ2n) is 6.23. The summed E-state index contributed by atoms with van der Waals surface area (Å²) in [6.45, 7) is 0.958. The molecule has 3 atom stereocenters. The van der Waals surface area contributed by atoms with Gasteiger partial charge in [0, 0.05) is 13.2 Å². The van der Waals surface area contributed by atoms with E-state index < -0.39 is 5.91 Å². The van der Waals surface area contributed by atoms with Crippen LogP contribution in [0.4, 0.5) is 0 Å². The molecule has 1 aliphatic heterocycles. The molecule has 1 unspecified atom stereocenters. The van der Waals surface area contributed by atoms with Crippen LogP contribution in [0.2, 0.25) is 0 Å². The third-order valence-electron chi connectivity index (χ3n) is 4.72. The van der Waals surface area contributed by atoms with Crippen LogP contribution in [0, 0.1) is 5.92 Å². The first kappa shape index (κ1) is 16.7. The fourth-order valence-electron chi connectivity index (χ4n) is 3.53. The first-order chi connectivity index (χ1) is 11.6. The monoisotopic (exact) mass is 334 g/mol. The second kappa shape index (κ2) is 7.19. The molecule has 0 radical (unpaired) electrons. The Kier molecular flexibility index (Phi) is 5.01. The van der Waals surface area contributed by atoms with Crippen molar-refractivity contribution in [1.29, 1.82) is 0 Å². The molecule has 1 aliphatic carbocycles. The van der Waals surface area contributed by atoms with Gasteiger partial charge >= 0.3 is 0 Å². The number of carbonyl (C=O) groups excluding carboxylic acids is 2. The highest BCUT2D eigenvalue weighted by Crippen LogP contribution is 2.34. The van der Waals surface area contributed by atoms with Gasteiger partial charge in [0.15, 0.2) is 6.61 Å². The zero-order chi connectivity index (χ0) is 17.1. The van der Waals surface area contributed by atoms with Gasteiger partial charge in [-0.2, -0.15) is 0 Å². The van der Waals surface area contributed by atoms with Crippen molar-refractivity contribution in [3.05, 3.63) is 29.8 Å². The standard InChI is InChI=1S/C17H22N2O5/c18-17(22)12-3-1-2-4-14(12)24-10-16(21)19-5-6-23-15-8-11(9-20)7-13(15)19/h1-4,11,13,15,20H,5-10H2,(H2,18,22)/t11-,13+,15?/m1/s1. The third-order valence-corrected chi connectivity index (χ3v) is 4.72. The number of aliphatic hydroxyl groups excluding tert-OH is 1. The van der Waals surface area contributed by atoms with Crippen LogP contribution in [0.1, 0.15) is 23.2 Å². The maximum Gasteiger partial charge on any atom is 0.260 e. The number of nitrogens with two attached hydrogens (primary N) is 1. The van der Waals surface area contributed by atoms with Crippen LogP contribution in [0.3, 0.4) is 0 Å². The predicted molar refractivity (Wildman–Crippen MR) is 85.5 cm³/mol. The summed E-state index contributed by atoms with van der Waals surface area (Å²) in [4.78, 5) is 25.7. The van der Waals surface area contributed by atoms with Crippen LogP contribution >= 0.6 is 0 Å². The number of carbonyl (C=O) groups is 2. The first-order valence-electron chi connectivity index (χ1n) is 8.13. The lowest BCUT2D eigenvalue weighted by atomic mass is 10.1. The summed E-state index contributed by atoms with van der Waals surface area (Å²) in [7, 11) is 0. The second-order valence-corrected chi connectivity index (χ2v) is 6.23. The van der Waals surface area contributed by atoms with Crippen molar-refractivity contribution in [3.8, 4) is 5.75 Å². The van der Waals surface area contributed by atoms with Crippen LogP contribution in [-0.4, -0.2) is 60.3 Å². The number of hydrogen-bond acceptors (Lipinski definition) is 5. The fraction of sp³-hybridized carbons (Fsp3) is 0.529. The molecule has 2 aliphatic rings. The van der Waals surface area contributed by atoms with Crippen molar-refractivity contribution >= 4 is 11.8 Å². The zero-order valence-corrected chi connectivity index (χ0v) is 13.4. The lowest BCUT2D eigenvalue weighted by Gasteiger charge is -2.37. The maximum absolute atomic E-state index is 12.6. The number of para-hydroxylation sites is 1. The molecule has 0 spiro atoms. The molecule has 1 saturated carbocycles. The lowest BCUT2D eigenvalue weighted by Crippen LogP contribution is -2.52. The average Bonchev–Trinajstić information content (AvgIpc) is 3.03.